The van der Waals surface area contributed by atoms with Gasteiger partial charge in [-0.2, -0.15) is 0 Å². The first-order valence-electron chi connectivity index (χ1n) is 7.60. The van der Waals surface area contributed by atoms with E-state index in [9.17, 15) is 4.79 Å². The Bertz CT molecular complexity index is 312. The van der Waals surface area contributed by atoms with E-state index in [1.807, 2.05) is 0 Å². The number of carbonyl (C=O) groups excluding carboxylic acids is 1. The minimum Gasteiger partial charge on any atom is -0.443 e. The quantitative estimate of drug-likeness (QED) is 0.840. The summed E-state index contributed by atoms with van der Waals surface area (Å²) in [5.41, 5.74) is 0. The molecule has 2 saturated heterocycles. The second-order valence-electron chi connectivity index (χ2n) is 5.92. The molecule has 1 amide bonds. The van der Waals surface area contributed by atoms with E-state index in [2.05, 4.69) is 10.2 Å². The standard InChI is InChI=1S/C14H24N2O3/c17-14-15-13(11-4-2-1-3-5-11)12(19-14)10-16-6-8-18-9-7-16/h11-13H,1-10H2,(H,15,17)/t12-,13-/m0/s1. The Morgan fingerprint density at radius 2 is 1.89 bits per heavy atom. The smallest absolute Gasteiger partial charge is 0.407 e. The zero-order valence-electron chi connectivity index (χ0n) is 11.5. The molecule has 19 heavy (non-hydrogen) atoms. The van der Waals surface area contributed by atoms with Gasteiger partial charge in [0.25, 0.3) is 0 Å². The van der Waals surface area contributed by atoms with Gasteiger partial charge in [0.1, 0.15) is 6.10 Å². The Balaban J connectivity index is 1.59. The summed E-state index contributed by atoms with van der Waals surface area (Å²) in [7, 11) is 0. The molecule has 2 atom stereocenters. The second kappa shape index (κ2) is 6.09. The number of amides is 1. The molecule has 108 valence electrons. The number of alkyl carbamates (subject to hydrolysis) is 1. The number of nitrogens with one attached hydrogen (secondary N) is 1. The molecule has 3 rings (SSSR count). The lowest BCUT2D eigenvalue weighted by molar-refractivity contribution is 0.0106. The van der Waals surface area contributed by atoms with Gasteiger partial charge in [-0.1, -0.05) is 19.3 Å². The van der Waals surface area contributed by atoms with Crippen LogP contribution in [0.5, 0.6) is 0 Å². The monoisotopic (exact) mass is 268 g/mol. The van der Waals surface area contributed by atoms with Crippen LogP contribution in [0.15, 0.2) is 0 Å². The zero-order chi connectivity index (χ0) is 13.1. The third-order valence-corrected chi connectivity index (χ3v) is 4.64. The van der Waals surface area contributed by atoms with Crippen molar-refractivity contribution >= 4 is 6.09 Å². The molecule has 0 aromatic rings. The van der Waals surface area contributed by atoms with Crippen LogP contribution in [-0.4, -0.2) is 56.0 Å². The Morgan fingerprint density at radius 1 is 1.16 bits per heavy atom. The number of cyclic esters (lactones) is 1. The van der Waals surface area contributed by atoms with Gasteiger partial charge in [0, 0.05) is 19.6 Å². The van der Waals surface area contributed by atoms with Crippen LogP contribution in [0.1, 0.15) is 32.1 Å². The highest BCUT2D eigenvalue weighted by Gasteiger charge is 2.40. The van der Waals surface area contributed by atoms with Gasteiger partial charge in [-0.05, 0) is 18.8 Å². The number of rotatable bonds is 3. The van der Waals surface area contributed by atoms with E-state index in [0.29, 0.717) is 5.92 Å². The van der Waals surface area contributed by atoms with E-state index < -0.39 is 0 Å². The molecular weight excluding hydrogens is 244 g/mol. The molecular formula is C14H24N2O3. The molecule has 3 aliphatic rings. The number of morpholine rings is 1. The molecule has 2 aliphatic heterocycles. The van der Waals surface area contributed by atoms with Crippen LogP contribution in [-0.2, 0) is 9.47 Å². The molecule has 1 N–H and O–H groups in total. The summed E-state index contributed by atoms with van der Waals surface area (Å²) in [6.07, 6.45) is 6.18. The first kappa shape index (κ1) is 13.2. The molecule has 0 radical (unpaired) electrons. The predicted molar refractivity (Wildman–Crippen MR) is 71.0 cm³/mol. The number of hydrogen-bond donors (Lipinski definition) is 1. The Hall–Kier alpha value is -0.810. The molecule has 3 fully saturated rings. The molecule has 1 aliphatic carbocycles. The van der Waals surface area contributed by atoms with E-state index in [1.54, 1.807) is 0 Å². The van der Waals surface area contributed by atoms with E-state index in [4.69, 9.17) is 9.47 Å². The average Bonchev–Trinajstić information content (AvgIpc) is 2.82. The normalized spacial score (nSPS) is 34.0. The summed E-state index contributed by atoms with van der Waals surface area (Å²) in [6.45, 7) is 4.34. The van der Waals surface area contributed by atoms with Gasteiger partial charge >= 0.3 is 6.09 Å². The molecule has 0 bridgehead atoms. The minimum atomic E-state index is -0.228. The molecule has 2 heterocycles. The molecule has 5 heteroatoms. The molecule has 1 saturated carbocycles. The van der Waals surface area contributed by atoms with Crippen LogP contribution >= 0.6 is 0 Å². The topological polar surface area (TPSA) is 50.8 Å². The Morgan fingerprint density at radius 3 is 2.63 bits per heavy atom. The van der Waals surface area contributed by atoms with Gasteiger partial charge in [-0.15, -0.1) is 0 Å². The zero-order valence-corrected chi connectivity index (χ0v) is 11.5. The second-order valence-corrected chi connectivity index (χ2v) is 5.92. The van der Waals surface area contributed by atoms with Crippen LogP contribution in [0, 0.1) is 5.92 Å². The van der Waals surface area contributed by atoms with Crippen LogP contribution in [0.4, 0.5) is 4.79 Å². The van der Waals surface area contributed by atoms with E-state index in [-0.39, 0.29) is 18.2 Å². The number of hydrogen-bond acceptors (Lipinski definition) is 4. The van der Waals surface area contributed by atoms with Crippen molar-refractivity contribution in [3.05, 3.63) is 0 Å². The summed E-state index contributed by atoms with van der Waals surface area (Å²) in [5, 5.41) is 3.04. The van der Waals surface area contributed by atoms with Crippen LogP contribution in [0.25, 0.3) is 0 Å². The fourth-order valence-corrected chi connectivity index (χ4v) is 3.58. The molecule has 0 unspecified atom stereocenters. The van der Waals surface area contributed by atoms with E-state index in [1.165, 1.54) is 32.1 Å². The van der Waals surface area contributed by atoms with Crippen molar-refractivity contribution in [1.29, 1.82) is 0 Å². The number of ether oxygens (including phenoxy) is 2. The number of nitrogens with zero attached hydrogens (tertiary/aromatic N) is 1. The summed E-state index contributed by atoms with van der Waals surface area (Å²) in [4.78, 5) is 13.9. The Labute approximate surface area is 114 Å². The van der Waals surface area contributed by atoms with E-state index >= 15 is 0 Å². The lowest BCUT2D eigenvalue weighted by atomic mass is 9.82. The van der Waals surface area contributed by atoms with Gasteiger partial charge in [0.05, 0.1) is 19.3 Å². The van der Waals surface area contributed by atoms with Crippen molar-refractivity contribution in [3.63, 3.8) is 0 Å². The van der Waals surface area contributed by atoms with Crippen molar-refractivity contribution in [1.82, 2.24) is 10.2 Å². The van der Waals surface area contributed by atoms with Gasteiger partial charge in [-0.3, -0.25) is 4.90 Å². The van der Waals surface area contributed by atoms with Gasteiger partial charge in [0.2, 0.25) is 0 Å². The van der Waals surface area contributed by atoms with Crippen molar-refractivity contribution in [2.75, 3.05) is 32.8 Å². The van der Waals surface area contributed by atoms with Crippen LogP contribution in [0.3, 0.4) is 0 Å². The average molecular weight is 268 g/mol. The first-order valence-corrected chi connectivity index (χ1v) is 7.60. The third-order valence-electron chi connectivity index (χ3n) is 4.64. The summed E-state index contributed by atoms with van der Waals surface area (Å²) in [6, 6.07) is 0.218. The van der Waals surface area contributed by atoms with E-state index in [0.717, 1.165) is 32.8 Å². The highest BCUT2D eigenvalue weighted by molar-refractivity contribution is 5.70. The minimum absolute atomic E-state index is 0.0219. The molecule has 0 spiro atoms. The van der Waals surface area contributed by atoms with Crippen molar-refractivity contribution in [2.45, 2.75) is 44.2 Å². The Kier molecular flexibility index (Phi) is 4.23. The summed E-state index contributed by atoms with van der Waals surface area (Å²) >= 11 is 0. The van der Waals surface area contributed by atoms with Gasteiger partial charge in [0.15, 0.2) is 0 Å². The predicted octanol–water partition coefficient (Wildman–Crippen LogP) is 1.38. The highest BCUT2D eigenvalue weighted by Crippen LogP contribution is 2.31. The molecule has 0 aromatic carbocycles. The van der Waals surface area contributed by atoms with Crippen molar-refractivity contribution in [3.8, 4) is 0 Å². The first-order chi connectivity index (χ1) is 9.33. The third kappa shape index (κ3) is 3.20. The lowest BCUT2D eigenvalue weighted by Crippen LogP contribution is -2.47. The molecule has 5 nitrogen and oxygen atoms in total. The van der Waals surface area contributed by atoms with Crippen molar-refractivity contribution in [2.24, 2.45) is 5.92 Å². The van der Waals surface area contributed by atoms with Crippen molar-refractivity contribution < 1.29 is 14.3 Å². The largest absolute Gasteiger partial charge is 0.443 e. The van der Waals surface area contributed by atoms with Gasteiger partial charge in [-0.25, -0.2) is 4.79 Å². The fourth-order valence-electron chi connectivity index (χ4n) is 3.58. The lowest BCUT2D eigenvalue weighted by Gasteiger charge is -2.33. The summed E-state index contributed by atoms with van der Waals surface area (Å²) < 4.78 is 10.9. The van der Waals surface area contributed by atoms with Crippen LogP contribution < -0.4 is 5.32 Å². The SMILES string of the molecule is O=C1N[C@@H](C2CCCCC2)[C@H](CN2CCOCC2)O1. The maximum Gasteiger partial charge on any atom is 0.407 e. The molecule has 0 aromatic heterocycles. The highest BCUT2D eigenvalue weighted by atomic mass is 16.6. The maximum atomic E-state index is 11.6. The maximum absolute atomic E-state index is 11.6. The van der Waals surface area contributed by atoms with Gasteiger partial charge < -0.3 is 14.8 Å². The number of carbonyl (C=O) groups is 1. The fraction of sp³-hybridized carbons (Fsp3) is 0.929. The van der Waals surface area contributed by atoms with Crippen LogP contribution in [0.2, 0.25) is 0 Å². The summed E-state index contributed by atoms with van der Waals surface area (Å²) in [5.74, 6) is 0.603.